The van der Waals surface area contributed by atoms with Gasteiger partial charge in [0.05, 0.1) is 16.9 Å². The third-order valence-corrected chi connectivity index (χ3v) is 17.6. The van der Waals surface area contributed by atoms with E-state index in [9.17, 15) is 38.4 Å². The first-order valence-electron chi connectivity index (χ1n) is 26.4. The predicted octanol–water partition coefficient (Wildman–Crippen LogP) is 13.7. The molecule has 4 aliphatic heterocycles. The van der Waals surface area contributed by atoms with Crippen molar-refractivity contribution in [3.05, 3.63) is 189 Å². The summed E-state index contributed by atoms with van der Waals surface area (Å²) in [5.41, 5.74) is 2.48. The van der Waals surface area contributed by atoms with Crippen LogP contribution in [0.15, 0.2) is 143 Å². The summed E-state index contributed by atoms with van der Waals surface area (Å²) < 4.78 is 6.08. The Morgan fingerprint density at radius 1 is 0.333 bits per heavy atom. The third kappa shape index (κ3) is 7.75. The Morgan fingerprint density at radius 2 is 0.642 bits per heavy atom. The van der Waals surface area contributed by atoms with Crippen LogP contribution >= 0.6 is 25.3 Å². The van der Waals surface area contributed by atoms with Crippen LogP contribution in [-0.2, 0) is 10.8 Å². The zero-order valence-corrected chi connectivity index (χ0v) is 47.8. The molecule has 0 bridgehead atoms. The van der Waals surface area contributed by atoms with E-state index in [1.165, 1.54) is 39.6 Å². The number of carbonyl (C=O) groups is 8. The Balaban J connectivity index is 0.792. The van der Waals surface area contributed by atoms with E-state index in [0.29, 0.717) is 38.1 Å². The van der Waals surface area contributed by atoms with Crippen molar-refractivity contribution in [1.82, 2.24) is 9.80 Å². The highest BCUT2D eigenvalue weighted by atomic mass is 32.1. The topological polar surface area (TPSA) is 159 Å². The highest BCUT2D eigenvalue weighted by molar-refractivity contribution is 7.80. The van der Waals surface area contributed by atoms with Crippen molar-refractivity contribution in [3.8, 4) is 22.6 Å². The summed E-state index contributed by atoms with van der Waals surface area (Å²) in [6.07, 6.45) is 0. The van der Waals surface area contributed by atoms with Crippen molar-refractivity contribution in [2.75, 3.05) is 9.80 Å². The molecule has 15 heteroatoms. The predicted molar refractivity (Wildman–Crippen MR) is 316 cm³/mol. The standard InChI is InChI=1S/C66H54N4O9S2/c1-63(2,3)33-11-17-37(18-12-33)79-38-19-14-35(15-20-38)67-55(71)41-25-29-47-54-48(30-26-42(51(41)54)56(67)72)62(78)70(61(47)77)66(9,10)65(7,8)34-13-21-39(49(80)31-34)40-22-16-36(32-50(40)81)68-57(73)43-23-27-45-53-46(28-24-44(52(43)53)58(68)74)60(76)69(59(45)75)64(4,5)6/h11-32,80-81H,1-10H3. The molecule has 0 atom stereocenters. The summed E-state index contributed by atoms with van der Waals surface area (Å²) in [4.78, 5) is 120. The zero-order valence-electron chi connectivity index (χ0n) is 46.1. The van der Waals surface area contributed by atoms with Gasteiger partial charge in [0.15, 0.2) is 0 Å². The van der Waals surface area contributed by atoms with Gasteiger partial charge in [-0.25, -0.2) is 9.80 Å². The van der Waals surface area contributed by atoms with Gasteiger partial charge in [-0.3, -0.25) is 48.2 Å². The van der Waals surface area contributed by atoms with Gasteiger partial charge < -0.3 is 4.74 Å². The highest BCUT2D eigenvalue weighted by Crippen LogP contribution is 2.48. The van der Waals surface area contributed by atoms with Crippen LogP contribution in [-0.4, -0.2) is 68.1 Å². The molecule has 0 saturated heterocycles. The largest absolute Gasteiger partial charge is 0.457 e. The molecule has 13 nitrogen and oxygen atoms in total. The van der Waals surface area contributed by atoms with E-state index in [-0.39, 0.29) is 77.2 Å². The molecule has 404 valence electrons. The number of carbonyl (C=O) groups excluding carboxylic acids is 8. The SMILES string of the molecule is CC(C)(C)c1ccc(Oc2ccc(N3C(=O)c4ccc5c6c(ccc(c46)C3=O)C(=O)N(C(C)(C)C(C)(C)c3ccc(-c4ccc(N6C(=O)c7ccc8c9c(ccc(c79)C6=O)C(=O)N(C(C)(C)C)C8=O)cc4S)c(S)c3)C5=O)cc2)cc1. The lowest BCUT2D eigenvalue weighted by molar-refractivity contribution is 0.0288. The van der Waals surface area contributed by atoms with E-state index in [1.54, 1.807) is 87.5 Å². The summed E-state index contributed by atoms with van der Waals surface area (Å²) in [5, 5.41) is 1.07. The number of rotatable bonds is 8. The Hall–Kier alpha value is -8.66. The van der Waals surface area contributed by atoms with Crippen molar-refractivity contribution >= 4 is 105 Å². The number of ether oxygens (including phenoxy) is 1. The fraction of sp³-hybridized carbons (Fsp3) is 0.212. The first-order chi connectivity index (χ1) is 38.1. The molecule has 0 N–H and O–H groups in total. The maximum atomic E-state index is 14.9. The van der Waals surface area contributed by atoms with Crippen molar-refractivity contribution in [1.29, 1.82) is 0 Å². The lowest BCUT2D eigenvalue weighted by atomic mass is 9.67. The van der Waals surface area contributed by atoms with Gasteiger partial charge in [0.1, 0.15) is 11.5 Å². The molecule has 0 fully saturated rings. The van der Waals surface area contributed by atoms with E-state index < -0.39 is 63.8 Å². The molecule has 0 spiro atoms. The second-order valence-corrected chi connectivity index (χ2v) is 25.0. The Bertz CT molecular complexity index is 4120. The highest BCUT2D eigenvalue weighted by Gasteiger charge is 2.52. The fourth-order valence-electron chi connectivity index (χ4n) is 11.8. The number of amides is 8. The van der Waals surface area contributed by atoms with Crippen LogP contribution in [0.3, 0.4) is 0 Å². The molecule has 12 rings (SSSR count). The van der Waals surface area contributed by atoms with Crippen LogP contribution in [0.5, 0.6) is 11.5 Å². The van der Waals surface area contributed by atoms with E-state index >= 15 is 0 Å². The summed E-state index contributed by atoms with van der Waals surface area (Å²) in [6, 6.07) is 37.5. The van der Waals surface area contributed by atoms with Crippen LogP contribution < -0.4 is 14.5 Å². The van der Waals surface area contributed by atoms with Crippen LogP contribution in [0.2, 0.25) is 0 Å². The van der Waals surface area contributed by atoms with Crippen molar-refractivity contribution in [2.24, 2.45) is 0 Å². The molecule has 8 amide bonds. The molecule has 8 aromatic carbocycles. The van der Waals surface area contributed by atoms with Crippen molar-refractivity contribution in [2.45, 2.75) is 101 Å². The molecule has 8 aromatic rings. The second-order valence-electron chi connectivity index (χ2n) is 24.1. The number of thiol groups is 2. The fourth-order valence-corrected chi connectivity index (χ4v) is 12.5. The maximum absolute atomic E-state index is 14.9. The van der Waals surface area contributed by atoms with E-state index in [0.717, 1.165) is 15.4 Å². The molecule has 0 aliphatic carbocycles. The maximum Gasteiger partial charge on any atom is 0.265 e. The van der Waals surface area contributed by atoms with Crippen LogP contribution in [0, 0.1) is 0 Å². The molecule has 4 heterocycles. The molecule has 4 aliphatic rings. The summed E-state index contributed by atoms with van der Waals surface area (Å²) in [7, 11) is 0. The smallest absolute Gasteiger partial charge is 0.265 e. The Kier molecular flexibility index (Phi) is 11.7. The van der Waals surface area contributed by atoms with E-state index in [4.69, 9.17) is 30.0 Å². The number of nitrogens with zero attached hydrogens (tertiary/aromatic N) is 4. The van der Waals surface area contributed by atoms with E-state index in [1.807, 2.05) is 70.2 Å². The van der Waals surface area contributed by atoms with Gasteiger partial charge in [-0.15, -0.1) is 25.3 Å². The molecule has 0 aromatic heterocycles. The van der Waals surface area contributed by atoms with Crippen LogP contribution in [0.4, 0.5) is 11.4 Å². The number of benzene rings is 8. The minimum absolute atomic E-state index is 0.0140. The molecule has 0 radical (unpaired) electrons. The van der Waals surface area contributed by atoms with Crippen molar-refractivity contribution in [3.63, 3.8) is 0 Å². The first-order valence-corrected chi connectivity index (χ1v) is 27.3. The summed E-state index contributed by atoms with van der Waals surface area (Å²) in [5.74, 6) is -3.40. The number of hydrogen-bond acceptors (Lipinski definition) is 11. The van der Waals surface area contributed by atoms with Gasteiger partial charge in [-0.05, 0) is 165 Å². The van der Waals surface area contributed by atoms with E-state index in [2.05, 4.69) is 20.8 Å². The Labute approximate surface area is 478 Å². The monoisotopic (exact) mass is 1110 g/mol. The summed E-state index contributed by atoms with van der Waals surface area (Å²) >= 11 is 9.81. The van der Waals surface area contributed by atoms with Crippen molar-refractivity contribution < 1.29 is 43.1 Å². The minimum Gasteiger partial charge on any atom is -0.457 e. The average Bonchev–Trinajstić information content (AvgIpc) is 1.65. The number of imide groups is 4. The Morgan fingerprint density at radius 3 is 1.01 bits per heavy atom. The van der Waals surface area contributed by atoms with Gasteiger partial charge in [0.25, 0.3) is 47.3 Å². The van der Waals surface area contributed by atoms with Crippen LogP contribution in [0.1, 0.15) is 163 Å². The van der Waals surface area contributed by atoms with Gasteiger partial charge in [0, 0.05) is 86.8 Å². The molecule has 0 saturated carbocycles. The molecular weight excluding hydrogens is 1060 g/mol. The molecule has 81 heavy (non-hydrogen) atoms. The molecular formula is C66H54N4O9S2. The average molecular weight is 1110 g/mol. The second kappa shape index (κ2) is 17.9. The lowest BCUT2D eigenvalue weighted by Crippen LogP contribution is -2.61. The minimum atomic E-state index is -1.19. The third-order valence-electron chi connectivity index (χ3n) is 16.8. The normalized spacial score (nSPS) is 15.5. The molecule has 0 unspecified atom stereocenters. The van der Waals surface area contributed by atoms with Gasteiger partial charge in [-0.1, -0.05) is 65.0 Å². The number of hydrogen-bond donors (Lipinski definition) is 2. The lowest BCUT2D eigenvalue weighted by Gasteiger charge is -2.49. The van der Waals surface area contributed by atoms with Gasteiger partial charge in [-0.2, -0.15) is 0 Å². The zero-order chi connectivity index (χ0) is 57.9. The van der Waals surface area contributed by atoms with Crippen LogP contribution in [0.25, 0.3) is 32.7 Å². The first kappa shape index (κ1) is 53.0. The summed E-state index contributed by atoms with van der Waals surface area (Å²) in [6.45, 7) is 19.2. The van der Waals surface area contributed by atoms with Gasteiger partial charge >= 0.3 is 0 Å². The van der Waals surface area contributed by atoms with Gasteiger partial charge in [0.2, 0.25) is 0 Å². The quantitative estimate of drug-likeness (QED) is 0.112. The number of anilines is 2.